The normalized spacial score (nSPS) is 15.9. The Morgan fingerprint density at radius 2 is 1.50 bits per heavy atom. The SMILES string of the molecule is CCCc1nc(CN2CCN(C(c3ccccc3)c3ccccc3)CC2)no1. The van der Waals surface area contributed by atoms with Crippen molar-refractivity contribution in [3.63, 3.8) is 0 Å². The Hall–Kier alpha value is -2.50. The summed E-state index contributed by atoms with van der Waals surface area (Å²) in [6, 6.07) is 21.9. The Balaban J connectivity index is 1.43. The van der Waals surface area contributed by atoms with Gasteiger partial charge in [-0.25, -0.2) is 0 Å². The molecule has 4 rings (SSSR count). The van der Waals surface area contributed by atoms with Gasteiger partial charge in [-0.3, -0.25) is 9.80 Å². The Labute approximate surface area is 167 Å². The Morgan fingerprint density at radius 1 is 0.893 bits per heavy atom. The highest BCUT2D eigenvalue weighted by Crippen LogP contribution is 2.29. The lowest BCUT2D eigenvalue weighted by atomic mass is 9.96. The van der Waals surface area contributed by atoms with E-state index in [2.05, 4.69) is 87.5 Å². The van der Waals surface area contributed by atoms with Crippen LogP contribution in [-0.2, 0) is 13.0 Å². The van der Waals surface area contributed by atoms with Crippen molar-refractivity contribution in [3.05, 3.63) is 83.5 Å². The van der Waals surface area contributed by atoms with E-state index >= 15 is 0 Å². The molecular weight excluding hydrogens is 348 g/mol. The summed E-state index contributed by atoms with van der Waals surface area (Å²) in [4.78, 5) is 9.51. The minimum atomic E-state index is 0.297. The van der Waals surface area contributed by atoms with Crippen molar-refractivity contribution < 1.29 is 4.52 Å². The van der Waals surface area contributed by atoms with Gasteiger partial charge in [-0.15, -0.1) is 0 Å². The second-order valence-electron chi connectivity index (χ2n) is 7.39. The summed E-state index contributed by atoms with van der Waals surface area (Å²) < 4.78 is 5.32. The molecule has 1 fully saturated rings. The molecule has 0 aliphatic carbocycles. The fraction of sp³-hybridized carbons (Fsp3) is 0.391. The Kier molecular flexibility index (Phi) is 6.14. The number of piperazine rings is 1. The highest BCUT2D eigenvalue weighted by molar-refractivity contribution is 5.31. The number of aromatic nitrogens is 2. The molecule has 0 unspecified atom stereocenters. The van der Waals surface area contributed by atoms with Gasteiger partial charge >= 0.3 is 0 Å². The summed E-state index contributed by atoms with van der Waals surface area (Å²) in [5.74, 6) is 1.56. The third-order valence-corrected chi connectivity index (χ3v) is 5.34. The van der Waals surface area contributed by atoms with E-state index in [1.54, 1.807) is 0 Å². The van der Waals surface area contributed by atoms with Crippen molar-refractivity contribution >= 4 is 0 Å². The first-order chi connectivity index (χ1) is 13.8. The smallest absolute Gasteiger partial charge is 0.226 e. The van der Waals surface area contributed by atoms with E-state index in [9.17, 15) is 0 Å². The molecule has 0 radical (unpaired) electrons. The van der Waals surface area contributed by atoms with Crippen LogP contribution in [0.1, 0.15) is 42.2 Å². The van der Waals surface area contributed by atoms with Crippen LogP contribution < -0.4 is 0 Å². The van der Waals surface area contributed by atoms with Gasteiger partial charge in [-0.1, -0.05) is 72.7 Å². The first kappa shape index (κ1) is 18.8. The Bertz CT molecular complexity index is 802. The molecule has 5 heteroatoms. The van der Waals surface area contributed by atoms with Gasteiger partial charge in [0.25, 0.3) is 0 Å². The van der Waals surface area contributed by atoms with Crippen LogP contribution in [0.15, 0.2) is 65.2 Å². The van der Waals surface area contributed by atoms with E-state index < -0.39 is 0 Å². The number of hydrogen-bond acceptors (Lipinski definition) is 5. The van der Waals surface area contributed by atoms with E-state index in [4.69, 9.17) is 4.52 Å². The van der Waals surface area contributed by atoms with Gasteiger partial charge in [-0.2, -0.15) is 4.98 Å². The zero-order valence-electron chi connectivity index (χ0n) is 16.5. The summed E-state index contributed by atoms with van der Waals surface area (Å²) in [5, 5.41) is 4.14. The largest absolute Gasteiger partial charge is 0.339 e. The molecule has 2 heterocycles. The van der Waals surface area contributed by atoms with Crippen molar-refractivity contribution in [1.29, 1.82) is 0 Å². The zero-order chi connectivity index (χ0) is 19.2. The van der Waals surface area contributed by atoms with Gasteiger partial charge in [0.05, 0.1) is 12.6 Å². The lowest BCUT2D eigenvalue weighted by Gasteiger charge is -2.39. The van der Waals surface area contributed by atoms with Gasteiger partial charge in [-0.05, 0) is 17.5 Å². The van der Waals surface area contributed by atoms with Crippen molar-refractivity contribution in [2.45, 2.75) is 32.4 Å². The fourth-order valence-electron chi connectivity index (χ4n) is 3.93. The summed E-state index contributed by atoms with van der Waals surface area (Å²) in [7, 11) is 0. The molecule has 0 spiro atoms. The van der Waals surface area contributed by atoms with Gasteiger partial charge in [0, 0.05) is 32.6 Å². The Morgan fingerprint density at radius 3 is 2.07 bits per heavy atom. The van der Waals surface area contributed by atoms with Crippen LogP contribution >= 0.6 is 0 Å². The first-order valence-electron chi connectivity index (χ1n) is 10.2. The monoisotopic (exact) mass is 376 g/mol. The zero-order valence-corrected chi connectivity index (χ0v) is 16.5. The maximum Gasteiger partial charge on any atom is 0.226 e. The first-order valence-corrected chi connectivity index (χ1v) is 10.2. The molecular formula is C23H28N4O. The number of nitrogens with zero attached hydrogens (tertiary/aromatic N) is 4. The van der Waals surface area contributed by atoms with E-state index in [0.29, 0.717) is 6.04 Å². The van der Waals surface area contributed by atoms with E-state index in [1.165, 1.54) is 11.1 Å². The molecule has 1 aliphatic rings. The third kappa shape index (κ3) is 4.49. The summed E-state index contributed by atoms with van der Waals surface area (Å²) in [5.41, 5.74) is 2.70. The average Bonchev–Trinajstić information content (AvgIpc) is 3.18. The maximum atomic E-state index is 5.32. The predicted molar refractivity (Wildman–Crippen MR) is 110 cm³/mol. The molecule has 28 heavy (non-hydrogen) atoms. The molecule has 1 aromatic heterocycles. The average molecular weight is 377 g/mol. The number of hydrogen-bond donors (Lipinski definition) is 0. The van der Waals surface area contributed by atoms with Gasteiger partial charge in [0.1, 0.15) is 0 Å². The molecule has 0 N–H and O–H groups in total. The fourth-order valence-corrected chi connectivity index (χ4v) is 3.93. The van der Waals surface area contributed by atoms with Crippen LogP contribution in [0.2, 0.25) is 0 Å². The molecule has 146 valence electrons. The summed E-state index contributed by atoms with van der Waals surface area (Å²) >= 11 is 0. The van der Waals surface area contributed by atoms with Crippen LogP contribution in [0.25, 0.3) is 0 Å². The van der Waals surface area contributed by atoms with Crippen molar-refractivity contribution in [3.8, 4) is 0 Å². The van der Waals surface area contributed by atoms with E-state index in [-0.39, 0.29) is 0 Å². The number of aryl methyl sites for hydroxylation is 1. The molecule has 0 saturated carbocycles. The second kappa shape index (κ2) is 9.13. The lowest BCUT2D eigenvalue weighted by Crippen LogP contribution is -2.47. The number of rotatable bonds is 7. The quantitative estimate of drug-likeness (QED) is 0.625. The van der Waals surface area contributed by atoms with E-state index in [0.717, 1.165) is 57.3 Å². The molecule has 0 atom stereocenters. The lowest BCUT2D eigenvalue weighted by molar-refractivity contribution is 0.102. The maximum absolute atomic E-state index is 5.32. The van der Waals surface area contributed by atoms with Crippen molar-refractivity contribution in [2.24, 2.45) is 0 Å². The highest BCUT2D eigenvalue weighted by atomic mass is 16.5. The van der Waals surface area contributed by atoms with Crippen LogP contribution in [0, 0.1) is 0 Å². The van der Waals surface area contributed by atoms with Crippen LogP contribution in [0.5, 0.6) is 0 Å². The molecule has 0 amide bonds. The van der Waals surface area contributed by atoms with Crippen LogP contribution in [0.3, 0.4) is 0 Å². The standard InChI is InChI=1S/C23H28N4O/c1-2-9-22-24-21(25-28-22)18-26-14-16-27(17-15-26)23(19-10-5-3-6-11-19)20-12-7-4-8-13-20/h3-8,10-13,23H,2,9,14-18H2,1H3. The van der Waals surface area contributed by atoms with Crippen LogP contribution in [0.4, 0.5) is 0 Å². The molecule has 3 aromatic rings. The minimum Gasteiger partial charge on any atom is -0.339 e. The van der Waals surface area contributed by atoms with Gasteiger partial charge in [0.2, 0.25) is 5.89 Å². The molecule has 1 saturated heterocycles. The molecule has 5 nitrogen and oxygen atoms in total. The molecule has 0 bridgehead atoms. The predicted octanol–water partition coefficient (Wildman–Crippen LogP) is 3.93. The van der Waals surface area contributed by atoms with Crippen molar-refractivity contribution in [1.82, 2.24) is 19.9 Å². The van der Waals surface area contributed by atoms with E-state index in [1.807, 2.05) is 0 Å². The third-order valence-electron chi connectivity index (χ3n) is 5.34. The minimum absolute atomic E-state index is 0.297. The summed E-state index contributed by atoms with van der Waals surface area (Å²) in [6.07, 6.45) is 1.89. The highest BCUT2D eigenvalue weighted by Gasteiger charge is 2.26. The van der Waals surface area contributed by atoms with Gasteiger partial charge < -0.3 is 4.52 Å². The topological polar surface area (TPSA) is 45.4 Å². The summed E-state index contributed by atoms with van der Waals surface area (Å²) in [6.45, 7) is 6.95. The van der Waals surface area contributed by atoms with Crippen molar-refractivity contribution in [2.75, 3.05) is 26.2 Å². The molecule has 1 aliphatic heterocycles. The van der Waals surface area contributed by atoms with Gasteiger partial charge in [0.15, 0.2) is 5.82 Å². The molecule has 2 aromatic carbocycles. The second-order valence-corrected chi connectivity index (χ2v) is 7.39. The number of benzene rings is 2. The van der Waals surface area contributed by atoms with Crippen LogP contribution in [-0.4, -0.2) is 46.1 Å².